The third-order valence-electron chi connectivity index (χ3n) is 3.41. The standard InChI is InChI=1S/C15H24N2O4S.ClH/c1-11(15(18)17-9-12(2)16-3)10-22(19,20)14-7-5-13(21-4)6-8-14;/h5-8,11-12,16H,9-10H2,1-4H3,(H,17,18);1H. The lowest BCUT2D eigenvalue weighted by atomic mass is 10.2. The highest BCUT2D eigenvalue weighted by Crippen LogP contribution is 2.18. The van der Waals surface area contributed by atoms with Crippen LogP contribution in [0.15, 0.2) is 29.2 Å². The average Bonchev–Trinajstić information content (AvgIpc) is 2.51. The smallest absolute Gasteiger partial charge is 0.223 e. The highest BCUT2D eigenvalue weighted by atomic mass is 35.5. The van der Waals surface area contributed by atoms with Crippen molar-refractivity contribution in [3.8, 4) is 5.75 Å². The number of rotatable bonds is 8. The summed E-state index contributed by atoms with van der Waals surface area (Å²) in [6.07, 6.45) is 0. The van der Waals surface area contributed by atoms with E-state index in [-0.39, 0.29) is 35.0 Å². The number of likely N-dealkylation sites (N-methyl/N-ethyl adjacent to an activating group) is 1. The van der Waals surface area contributed by atoms with Crippen molar-refractivity contribution in [1.82, 2.24) is 10.6 Å². The van der Waals surface area contributed by atoms with Crippen LogP contribution in [0.25, 0.3) is 0 Å². The average molecular weight is 365 g/mol. The van der Waals surface area contributed by atoms with E-state index >= 15 is 0 Å². The number of sulfone groups is 1. The summed E-state index contributed by atoms with van der Waals surface area (Å²) in [7, 11) is -0.190. The number of carbonyl (C=O) groups is 1. The summed E-state index contributed by atoms with van der Waals surface area (Å²) in [5.41, 5.74) is 0. The van der Waals surface area contributed by atoms with Crippen LogP contribution in [0.1, 0.15) is 13.8 Å². The van der Waals surface area contributed by atoms with E-state index in [0.717, 1.165) is 0 Å². The van der Waals surface area contributed by atoms with Crippen LogP contribution < -0.4 is 15.4 Å². The summed E-state index contributed by atoms with van der Waals surface area (Å²) in [4.78, 5) is 12.1. The van der Waals surface area contributed by atoms with Crippen molar-refractivity contribution in [2.45, 2.75) is 24.8 Å². The Kier molecular flexibility index (Phi) is 9.19. The monoisotopic (exact) mass is 364 g/mol. The predicted molar refractivity (Wildman–Crippen MR) is 93.0 cm³/mol. The summed E-state index contributed by atoms with van der Waals surface area (Å²) < 4.78 is 29.6. The number of hydrogen-bond donors (Lipinski definition) is 2. The molecule has 6 nitrogen and oxygen atoms in total. The van der Waals surface area contributed by atoms with Gasteiger partial charge in [-0.1, -0.05) is 6.92 Å². The van der Waals surface area contributed by atoms with Gasteiger partial charge < -0.3 is 15.4 Å². The summed E-state index contributed by atoms with van der Waals surface area (Å²) in [6, 6.07) is 6.29. The van der Waals surface area contributed by atoms with Crippen LogP contribution in [0.5, 0.6) is 5.75 Å². The Hall–Kier alpha value is -1.31. The Morgan fingerprint density at radius 2 is 1.78 bits per heavy atom. The van der Waals surface area contributed by atoms with Crippen molar-refractivity contribution >= 4 is 28.2 Å². The summed E-state index contributed by atoms with van der Waals surface area (Å²) in [5, 5.41) is 5.74. The largest absolute Gasteiger partial charge is 0.497 e. The molecule has 2 unspecified atom stereocenters. The molecule has 0 aliphatic heterocycles. The van der Waals surface area contributed by atoms with Gasteiger partial charge in [-0.05, 0) is 38.2 Å². The zero-order chi connectivity index (χ0) is 16.8. The van der Waals surface area contributed by atoms with E-state index < -0.39 is 15.8 Å². The van der Waals surface area contributed by atoms with Crippen molar-refractivity contribution in [2.75, 3.05) is 26.5 Å². The fraction of sp³-hybridized carbons (Fsp3) is 0.533. The number of ether oxygens (including phenoxy) is 1. The van der Waals surface area contributed by atoms with Crippen molar-refractivity contribution in [1.29, 1.82) is 0 Å². The summed E-state index contributed by atoms with van der Waals surface area (Å²) in [5.74, 6) is -0.514. The molecule has 0 saturated carbocycles. The Labute approximate surface area is 144 Å². The zero-order valence-electron chi connectivity index (χ0n) is 13.8. The normalized spacial score (nSPS) is 13.6. The predicted octanol–water partition coefficient (Wildman–Crippen LogP) is 1.25. The molecule has 8 heteroatoms. The minimum Gasteiger partial charge on any atom is -0.497 e. The number of amides is 1. The summed E-state index contributed by atoms with van der Waals surface area (Å²) in [6.45, 7) is 4.00. The Bertz CT molecular complexity index is 590. The first-order valence-corrected chi connectivity index (χ1v) is 8.77. The molecule has 0 bridgehead atoms. The minimum atomic E-state index is -3.51. The molecular formula is C15H25ClN2O4S. The lowest BCUT2D eigenvalue weighted by molar-refractivity contribution is -0.123. The van der Waals surface area contributed by atoms with Gasteiger partial charge in [0.25, 0.3) is 0 Å². The van der Waals surface area contributed by atoms with E-state index in [1.807, 2.05) is 6.92 Å². The van der Waals surface area contributed by atoms with E-state index in [4.69, 9.17) is 4.74 Å². The van der Waals surface area contributed by atoms with Crippen LogP contribution in [0.2, 0.25) is 0 Å². The van der Waals surface area contributed by atoms with Gasteiger partial charge in [0.2, 0.25) is 5.91 Å². The maximum Gasteiger partial charge on any atom is 0.223 e. The number of hydrogen-bond acceptors (Lipinski definition) is 5. The molecule has 0 aliphatic rings. The first kappa shape index (κ1) is 21.7. The van der Waals surface area contributed by atoms with Gasteiger partial charge >= 0.3 is 0 Å². The first-order chi connectivity index (χ1) is 10.3. The number of methoxy groups -OCH3 is 1. The molecule has 132 valence electrons. The molecule has 1 rings (SSSR count). The molecule has 1 aromatic rings. The van der Waals surface area contributed by atoms with E-state index in [1.165, 1.54) is 19.2 Å². The van der Waals surface area contributed by atoms with Crippen LogP contribution in [-0.2, 0) is 14.6 Å². The van der Waals surface area contributed by atoms with Crippen molar-refractivity contribution in [3.63, 3.8) is 0 Å². The first-order valence-electron chi connectivity index (χ1n) is 7.12. The second-order valence-corrected chi connectivity index (χ2v) is 7.33. The fourth-order valence-corrected chi connectivity index (χ4v) is 3.37. The van der Waals surface area contributed by atoms with Crippen molar-refractivity contribution < 1.29 is 17.9 Å². The molecular weight excluding hydrogens is 340 g/mol. The SMILES string of the molecule is CNC(C)CNC(=O)C(C)CS(=O)(=O)c1ccc(OC)cc1.Cl. The number of halogens is 1. The van der Waals surface area contributed by atoms with Gasteiger partial charge in [-0.2, -0.15) is 0 Å². The molecule has 1 amide bonds. The summed E-state index contributed by atoms with van der Waals surface area (Å²) >= 11 is 0. The molecule has 0 aliphatic carbocycles. The van der Waals surface area contributed by atoms with E-state index in [1.54, 1.807) is 26.1 Å². The van der Waals surface area contributed by atoms with Crippen molar-refractivity contribution in [3.05, 3.63) is 24.3 Å². The molecule has 1 aromatic carbocycles. The minimum absolute atomic E-state index is 0. The zero-order valence-corrected chi connectivity index (χ0v) is 15.5. The van der Waals surface area contributed by atoms with Crippen LogP contribution in [0.3, 0.4) is 0 Å². The molecule has 0 aromatic heterocycles. The van der Waals surface area contributed by atoms with E-state index in [9.17, 15) is 13.2 Å². The Morgan fingerprint density at radius 1 is 1.22 bits per heavy atom. The maximum absolute atomic E-state index is 12.3. The van der Waals surface area contributed by atoms with Crippen molar-refractivity contribution in [2.24, 2.45) is 5.92 Å². The second-order valence-electron chi connectivity index (χ2n) is 5.29. The molecule has 0 spiro atoms. The van der Waals surface area contributed by atoms with Gasteiger partial charge in [-0.15, -0.1) is 12.4 Å². The maximum atomic E-state index is 12.3. The van der Waals surface area contributed by atoms with Gasteiger partial charge in [-0.3, -0.25) is 4.79 Å². The highest BCUT2D eigenvalue weighted by Gasteiger charge is 2.23. The number of carbonyl (C=O) groups excluding carboxylic acids is 1. The molecule has 2 N–H and O–H groups in total. The lowest BCUT2D eigenvalue weighted by Crippen LogP contribution is -2.40. The molecule has 0 heterocycles. The fourth-order valence-electron chi connectivity index (χ4n) is 1.81. The van der Waals surface area contributed by atoms with Crippen LogP contribution in [0.4, 0.5) is 0 Å². The molecule has 2 atom stereocenters. The van der Waals surface area contributed by atoms with Gasteiger partial charge in [0, 0.05) is 18.5 Å². The second kappa shape index (κ2) is 9.75. The molecule has 23 heavy (non-hydrogen) atoms. The third kappa shape index (κ3) is 6.76. The number of benzene rings is 1. The quantitative estimate of drug-likeness (QED) is 0.725. The van der Waals surface area contributed by atoms with E-state index in [0.29, 0.717) is 12.3 Å². The van der Waals surface area contributed by atoms with E-state index in [2.05, 4.69) is 10.6 Å². The van der Waals surface area contributed by atoms with Gasteiger partial charge in [0.05, 0.1) is 17.8 Å². The topological polar surface area (TPSA) is 84.5 Å². The van der Waals surface area contributed by atoms with Crippen LogP contribution in [-0.4, -0.2) is 46.8 Å². The molecule has 0 saturated heterocycles. The Balaban J connectivity index is 0.00000484. The Morgan fingerprint density at radius 3 is 2.26 bits per heavy atom. The molecule has 0 radical (unpaired) electrons. The number of nitrogens with one attached hydrogen (secondary N) is 2. The highest BCUT2D eigenvalue weighted by molar-refractivity contribution is 7.91. The van der Waals surface area contributed by atoms with Crippen LogP contribution >= 0.6 is 12.4 Å². The molecule has 0 fully saturated rings. The lowest BCUT2D eigenvalue weighted by Gasteiger charge is -2.15. The van der Waals surface area contributed by atoms with Gasteiger partial charge in [0.15, 0.2) is 9.84 Å². The van der Waals surface area contributed by atoms with Gasteiger partial charge in [-0.25, -0.2) is 8.42 Å². The van der Waals surface area contributed by atoms with Crippen LogP contribution in [0, 0.1) is 5.92 Å². The van der Waals surface area contributed by atoms with Gasteiger partial charge in [0.1, 0.15) is 5.75 Å². The third-order valence-corrected chi connectivity index (χ3v) is 5.34.